The van der Waals surface area contributed by atoms with Gasteiger partial charge in [0, 0.05) is 12.3 Å². The molecule has 2 aromatic heterocycles. The molecule has 0 saturated carbocycles. The number of anilines is 1. The van der Waals surface area contributed by atoms with E-state index < -0.39 is 12.0 Å². The van der Waals surface area contributed by atoms with Crippen molar-refractivity contribution in [3.05, 3.63) is 42.6 Å². The van der Waals surface area contributed by atoms with Gasteiger partial charge in [0.2, 0.25) is 5.91 Å². The minimum absolute atomic E-state index is 0.299. The van der Waals surface area contributed by atoms with Crippen molar-refractivity contribution >= 4 is 23.8 Å². The number of rotatable bonds is 5. The number of aromatic nitrogens is 4. The SMILES string of the molecule is CC(C(=O)Nc1cc(/C=C/C(=O)O)ccn1)n1cncn1. The third kappa shape index (κ3) is 3.96. The van der Waals surface area contributed by atoms with E-state index in [4.69, 9.17) is 5.11 Å². The molecule has 0 aliphatic heterocycles. The second-order valence-corrected chi connectivity index (χ2v) is 4.19. The molecule has 0 aliphatic rings. The van der Waals surface area contributed by atoms with Gasteiger partial charge in [0.25, 0.3) is 0 Å². The van der Waals surface area contributed by atoms with Crippen molar-refractivity contribution in [1.29, 1.82) is 0 Å². The average molecular weight is 287 g/mol. The van der Waals surface area contributed by atoms with Crippen molar-refractivity contribution < 1.29 is 14.7 Å². The van der Waals surface area contributed by atoms with Gasteiger partial charge in [0.05, 0.1) is 0 Å². The third-order valence-electron chi connectivity index (χ3n) is 2.67. The van der Waals surface area contributed by atoms with Crippen molar-refractivity contribution in [3.63, 3.8) is 0 Å². The highest BCUT2D eigenvalue weighted by molar-refractivity contribution is 5.93. The summed E-state index contributed by atoms with van der Waals surface area (Å²) in [5, 5.41) is 15.1. The molecule has 2 N–H and O–H groups in total. The van der Waals surface area contributed by atoms with Crippen LogP contribution in [-0.2, 0) is 9.59 Å². The normalized spacial score (nSPS) is 12.2. The van der Waals surface area contributed by atoms with Crippen LogP contribution in [0.1, 0.15) is 18.5 Å². The van der Waals surface area contributed by atoms with E-state index in [-0.39, 0.29) is 5.91 Å². The lowest BCUT2D eigenvalue weighted by molar-refractivity contribution is -0.131. The van der Waals surface area contributed by atoms with E-state index in [1.807, 2.05) is 0 Å². The van der Waals surface area contributed by atoms with Crippen molar-refractivity contribution in [3.8, 4) is 0 Å². The third-order valence-corrected chi connectivity index (χ3v) is 2.67. The molecule has 1 unspecified atom stereocenters. The molecule has 0 fully saturated rings. The van der Waals surface area contributed by atoms with Gasteiger partial charge in [-0.25, -0.2) is 19.4 Å². The van der Waals surface area contributed by atoms with Crippen molar-refractivity contribution in [2.75, 3.05) is 5.32 Å². The second kappa shape index (κ2) is 6.42. The highest BCUT2D eigenvalue weighted by atomic mass is 16.4. The summed E-state index contributed by atoms with van der Waals surface area (Å²) in [5.74, 6) is -1.01. The van der Waals surface area contributed by atoms with Crippen LogP contribution in [0.5, 0.6) is 0 Å². The number of nitrogens with zero attached hydrogens (tertiary/aromatic N) is 4. The number of carbonyl (C=O) groups excluding carboxylic acids is 1. The number of carboxylic acid groups (broad SMARTS) is 1. The zero-order chi connectivity index (χ0) is 15.2. The van der Waals surface area contributed by atoms with E-state index in [2.05, 4.69) is 20.4 Å². The summed E-state index contributed by atoms with van der Waals surface area (Å²) < 4.78 is 1.42. The molecule has 2 aromatic rings. The minimum atomic E-state index is -1.04. The minimum Gasteiger partial charge on any atom is -0.478 e. The van der Waals surface area contributed by atoms with E-state index in [0.29, 0.717) is 11.4 Å². The predicted octanol–water partition coefficient (Wildman–Crippen LogP) is 0.971. The summed E-state index contributed by atoms with van der Waals surface area (Å²) in [5.41, 5.74) is 0.621. The highest BCUT2D eigenvalue weighted by Crippen LogP contribution is 2.11. The van der Waals surface area contributed by atoms with Gasteiger partial charge in [0.15, 0.2) is 0 Å². The van der Waals surface area contributed by atoms with Crippen molar-refractivity contribution in [1.82, 2.24) is 19.7 Å². The molecule has 0 aliphatic carbocycles. The van der Waals surface area contributed by atoms with Gasteiger partial charge in [-0.2, -0.15) is 5.10 Å². The molecule has 1 amide bonds. The largest absolute Gasteiger partial charge is 0.478 e. The van der Waals surface area contributed by atoms with Gasteiger partial charge in [0.1, 0.15) is 24.5 Å². The fourth-order valence-electron chi connectivity index (χ4n) is 1.55. The Kier molecular flexibility index (Phi) is 4.39. The molecule has 2 heterocycles. The average Bonchev–Trinajstić information content (AvgIpc) is 2.98. The van der Waals surface area contributed by atoms with Gasteiger partial charge in [-0.3, -0.25) is 4.79 Å². The molecule has 8 heteroatoms. The Hall–Kier alpha value is -3.03. The van der Waals surface area contributed by atoms with Crippen LogP contribution in [0.25, 0.3) is 6.08 Å². The van der Waals surface area contributed by atoms with Gasteiger partial charge in [-0.15, -0.1) is 0 Å². The van der Waals surface area contributed by atoms with E-state index >= 15 is 0 Å². The summed E-state index contributed by atoms with van der Waals surface area (Å²) >= 11 is 0. The van der Waals surface area contributed by atoms with Crippen molar-refractivity contribution in [2.45, 2.75) is 13.0 Å². The summed E-state index contributed by atoms with van der Waals surface area (Å²) in [6, 6.07) is 2.67. The van der Waals surface area contributed by atoms with Crippen LogP contribution >= 0.6 is 0 Å². The molecule has 21 heavy (non-hydrogen) atoms. The Morgan fingerprint density at radius 3 is 2.95 bits per heavy atom. The van der Waals surface area contributed by atoms with Crippen LogP contribution in [0.3, 0.4) is 0 Å². The Balaban J connectivity index is 2.07. The first-order valence-electron chi connectivity index (χ1n) is 6.08. The van der Waals surface area contributed by atoms with Gasteiger partial charge < -0.3 is 10.4 Å². The molecule has 0 spiro atoms. The Bertz CT molecular complexity index is 666. The smallest absolute Gasteiger partial charge is 0.328 e. The number of pyridine rings is 1. The highest BCUT2D eigenvalue weighted by Gasteiger charge is 2.15. The molecule has 2 rings (SSSR count). The van der Waals surface area contributed by atoms with Crippen LogP contribution in [0.15, 0.2) is 37.1 Å². The molecule has 0 aromatic carbocycles. The number of nitrogens with one attached hydrogen (secondary N) is 1. The Labute approximate surface area is 120 Å². The first-order chi connectivity index (χ1) is 10.1. The lowest BCUT2D eigenvalue weighted by Crippen LogP contribution is -2.24. The van der Waals surface area contributed by atoms with E-state index in [0.717, 1.165) is 6.08 Å². The molecule has 0 bridgehead atoms. The first kappa shape index (κ1) is 14.4. The Morgan fingerprint density at radius 2 is 2.29 bits per heavy atom. The van der Waals surface area contributed by atoms with E-state index in [1.54, 1.807) is 19.1 Å². The first-order valence-corrected chi connectivity index (χ1v) is 6.08. The molecule has 108 valence electrons. The second-order valence-electron chi connectivity index (χ2n) is 4.19. The molecule has 0 saturated heterocycles. The lowest BCUT2D eigenvalue weighted by Gasteiger charge is -2.11. The number of aliphatic carboxylic acids is 1. The van der Waals surface area contributed by atoms with Crippen LogP contribution in [0, 0.1) is 0 Å². The molecule has 1 atom stereocenters. The van der Waals surface area contributed by atoms with Crippen LogP contribution in [0.4, 0.5) is 5.82 Å². The van der Waals surface area contributed by atoms with Crippen LogP contribution < -0.4 is 5.32 Å². The number of amides is 1. The molecular formula is C13H13N5O3. The summed E-state index contributed by atoms with van der Waals surface area (Å²) in [7, 11) is 0. The zero-order valence-corrected chi connectivity index (χ0v) is 11.2. The quantitative estimate of drug-likeness (QED) is 0.793. The van der Waals surface area contributed by atoms with E-state index in [9.17, 15) is 9.59 Å². The lowest BCUT2D eigenvalue weighted by atomic mass is 10.2. The molecular weight excluding hydrogens is 274 g/mol. The molecule has 8 nitrogen and oxygen atoms in total. The maximum Gasteiger partial charge on any atom is 0.328 e. The number of hydrogen-bond donors (Lipinski definition) is 2. The van der Waals surface area contributed by atoms with E-state index in [1.165, 1.54) is 29.6 Å². The standard InChI is InChI=1S/C13H13N5O3/c1-9(18-8-14-7-16-18)13(21)17-11-6-10(4-5-15-11)2-3-12(19)20/h2-9H,1H3,(H,19,20)(H,15,17,21)/b3-2+. The summed E-state index contributed by atoms with van der Waals surface area (Å²) in [6.45, 7) is 1.68. The predicted molar refractivity (Wildman–Crippen MR) is 74.3 cm³/mol. The maximum absolute atomic E-state index is 12.0. The van der Waals surface area contributed by atoms with Crippen molar-refractivity contribution in [2.24, 2.45) is 0 Å². The zero-order valence-electron chi connectivity index (χ0n) is 11.2. The monoisotopic (exact) mass is 287 g/mol. The van der Waals surface area contributed by atoms with Crippen LogP contribution in [-0.4, -0.2) is 36.7 Å². The number of carbonyl (C=O) groups is 2. The van der Waals surface area contributed by atoms with Gasteiger partial charge >= 0.3 is 5.97 Å². The summed E-state index contributed by atoms with van der Waals surface area (Å²) in [6.07, 6.45) is 6.71. The maximum atomic E-state index is 12.0. The molecule has 0 radical (unpaired) electrons. The van der Waals surface area contributed by atoms with Crippen LogP contribution in [0.2, 0.25) is 0 Å². The van der Waals surface area contributed by atoms with Gasteiger partial charge in [-0.1, -0.05) is 0 Å². The Morgan fingerprint density at radius 1 is 1.48 bits per heavy atom. The fourth-order valence-corrected chi connectivity index (χ4v) is 1.55. The number of hydrogen-bond acceptors (Lipinski definition) is 5. The fraction of sp³-hybridized carbons (Fsp3) is 0.154. The summed E-state index contributed by atoms with van der Waals surface area (Å²) in [4.78, 5) is 30.3. The topological polar surface area (TPSA) is 110 Å². The van der Waals surface area contributed by atoms with Gasteiger partial charge in [-0.05, 0) is 30.7 Å². The number of carboxylic acids is 1.